The molecule has 0 aliphatic rings. The van der Waals surface area contributed by atoms with Gasteiger partial charge in [0.2, 0.25) is 0 Å². The Labute approximate surface area is 125 Å². The van der Waals surface area contributed by atoms with Crippen LogP contribution in [-0.4, -0.2) is 5.11 Å². The van der Waals surface area contributed by atoms with Crippen molar-refractivity contribution in [3.63, 3.8) is 0 Å². The van der Waals surface area contributed by atoms with E-state index < -0.39 is 6.10 Å². The van der Waals surface area contributed by atoms with E-state index in [9.17, 15) is 9.50 Å². The molecule has 1 unspecified atom stereocenters. The highest BCUT2D eigenvalue weighted by Crippen LogP contribution is 2.28. The van der Waals surface area contributed by atoms with Crippen LogP contribution in [0.15, 0.2) is 51.8 Å². The maximum absolute atomic E-state index is 13.0. The Morgan fingerprint density at radius 2 is 1.89 bits per heavy atom. The fourth-order valence-electron chi connectivity index (χ4n) is 1.64. The van der Waals surface area contributed by atoms with Crippen molar-refractivity contribution in [2.75, 3.05) is 0 Å². The Hall–Kier alpha value is -0.840. The summed E-state index contributed by atoms with van der Waals surface area (Å²) in [6, 6.07) is 12.6. The van der Waals surface area contributed by atoms with E-state index in [0.29, 0.717) is 0 Å². The summed E-state index contributed by atoms with van der Waals surface area (Å²) in [5.74, 6) is 0.538. The van der Waals surface area contributed by atoms with E-state index in [2.05, 4.69) is 15.9 Å². The number of benzene rings is 2. The van der Waals surface area contributed by atoms with Gasteiger partial charge < -0.3 is 5.11 Å². The standard InChI is InChI=1S/C15H14BrFOS/c1-10(18)11-3-6-14(7-4-11)19-9-12-2-5-13(17)8-15(12)16/h2-8,10,18H,9H2,1H3. The Bertz CT molecular complexity index is 555. The number of aliphatic hydroxyl groups excluding tert-OH is 1. The van der Waals surface area contributed by atoms with Crippen LogP contribution in [0.3, 0.4) is 0 Å². The number of hydrogen-bond donors (Lipinski definition) is 1. The zero-order valence-electron chi connectivity index (χ0n) is 10.4. The molecule has 2 aromatic carbocycles. The lowest BCUT2D eigenvalue weighted by molar-refractivity contribution is 0.199. The molecular formula is C15H14BrFOS. The Kier molecular flexibility index (Phi) is 5.02. The third-order valence-electron chi connectivity index (χ3n) is 2.77. The van der Waals surface area contributed by atoms with E-state index in [-0.39, 0.29) is 5.82 Å². The molecule has 1 N–H and O–H groups in total. The highest BCUT2D eigenvalue weighted by molar-refractivity contribution is 9.10. The monoisotopic (exact) mass is 340 g/mol. The summed E-state index contributed by atoms with van der Waals surface area (Å²) in [4.78, 5) is 1.13. The summed E-state index contributed by atoms with van der Waals surface area (Å²) in [5, 5.41) is 9.44. The maximum atomic E-state index is 13.0. The lowest BCUT2D eigenvalue weighted by Gasteiger charge is -2.07. The van der Waals surface area contributed by atoms with E-state index in [1.807, 2.05) is 24.3 Å². The summed E-state index contributed by atoms with van der Waals surface area (Å²) in [6.07, 6.45) is -0.440. The van der Waals surface area contributed by atoms with Crippen molar-refractivity contribution >= 4 is 27.7 Å². The van der Waals surface area contributed by atoms with Crippen molar-refractivity contribution in [2.45, 2.75) is 23.7 Å². The van der Waals surface area contributed by atoms with Crippen LogP contribution in [0.2, 0.25) is 0 Å². The highest BCUT2D eigenvalue weighted by Gasteiger charge is 2.04. The minimum absolute atomic E-state index is 0.234. The lowest BCUT2D eigenvalue weighted by atomic mass is 10.1. The van der Waals surface area contributed by atoms with Crippen LogP contribution in [0.25, 0.3) is 0 Å². The van der Waals surface area contributed by atoms with Gasteiger partial charge in [-0.05, 0) is 42.3 Å². The van der Waals surface area contributed by atoms with Gasteiger partial charge in [0.15, 0.2) is 0 Å². The van der Waals surface area contributed by atoms with Gasteiger partial charge >= 0.3 is 0 Å². The Balaban J connectivity index is 2.02. The zero-order chi connectivity index (χ0) is 13.8. The van der Waals surface area contributed by atoms with Crippen molar-refractivity contribution in [3.8, 4) is 0 Å². The number of halogens is 2. The third kappa shape index (κ3) is 4.06. The van der Waals surface area contributed by atoms with Crippen molar-refractivity contribution in [3.05, 3.63) is 63.9 Å². The number of hydrogen-bond acceptors (Lipinski definition) is 2. The fraction of sp³-hybridized carbons (Fsp3) is 0.200. The van der Waals surface area contributed by atoms with Gasteiger partial charge in [-0.15, -0.1) is 11.8 Å². The van der Waals surface area contributed by atoms with E-state index in [1.165, 1.54) is 12.1 Å². The van der Waals surface area contributed by atoms with Gasteiger partial charge in [0.1, 0.15) is 5.82 Å². The summed E-state index contributed by atoms with van der Waals surface area (Å²) < 4.78 is 13.8. The molecule has 0 heterocycles. The van der Waals surface area contributed by atoms with Gasteiger partial charge in [0.25, 0.3) is 0 Å². The van der Waals surface area contributed by atoms with Gasteiger partial charge in [-0.2, -0.15) is 0 Å². The lowest BCUT2D eigenvalue weighted by Crippen LogP contribution is -1.90. The molecule has 0 aromatic heterocycles. The largest absolute Gasteiger partial charge is 0.389 e. The molecular weight excluding hydrogens is 327 g/mol. The van der Waals surface area contributed by atoms with Crippen molar-refractivity contribution in [1.29, 1.82) is 0 Å². The number of thioether (sulfide) groups is 1. The second kappa shape index (κ2) is 6.55. The normalized spacial score (nSPS) is 12.4. The molecule has 2 rings (SSSR count). The van der Waals surface area contributed by atoms with Crippen LogP contribution in [0.5, 0.6) is 0 Å². The average Bonchev–Trinajstić information content (AvgIpc) is 2.38. The van der Waals surface area contributed by atoms with Crippen LogP contribution in [-0.2, 0) is 5.75 Å². The van der Waals surface area contributed by atoms with Crippen LogP contribution >= 0.6 is 27.7 Å². The highest BCUT2D eigenvalue weighted by atomic mass is 79.9. The first-order valence-corrected chi connectivity index (χ1v) is 7.69. The molecule has 100 valence electrons. The predicted octanol–water partition coefficient (Wildman–Crippen LogP) is 4.93. The molecule has 2 aromatic rings. The SMILES string of the molecule is CC(O)c1ccc(SCc2ccc(F)cc2Br)cc1. The third-order valence-corrected chi connectivity index (χ3v) is 4.57. The molecule has 1 nitrogen and oxygen atoms in total. The Morgan fingerprint density at radius 1 is 1.21 bits per heavy atom. The molecule has 0 aliphatic carbocycles. The van der Waals surface area contributed by atoms with Crippen molar-refractivity contribution < 1.29 is 9.50 Å². The van der Waals surface area contributed by atoms with E-state index in [4.69, 9.17) is 0 Å². The zero-order valence-corrected chi connectivity index (χ0v) is 12.8. The second-order valence-electron chi connectivity index (χ2n) is 4.27. The fourth-order valence-corrected chi connectivity index (χ4v) is 3.22. The number of rotatable bonds is 4. The molecule has 19 heavy (non-hydrogen) atoms. The van der Waals surface area contributed by atoms with Crippen LogP contribution in [0, 0.1) is 5.82 Å². The average molecular weight is 341 g/mol. The van der Waals surface area contributed by atoms with E-state index >= 15 is 0 Å². The molecule has 0 amide bonds. The molecule has 4 heteroatoms. The molecule has 0 spiro atoms. The van der Waals surface area contributed by atoms with Crippen molar-refractivity contribution in [1.82, 2.24) is 0 Å². The van der Waals surface area contributed by atoms with E-state index in [0.717, 1.165) is 26.2 Å². The topological polar surface area (TPSA) is 20.2 Å². The smallest absolute Gasteiger partial charge is 0.124 e. The van der Waals surface area contributed by atoms with Gasteiger partial charge in [0, 0.05) is 15.1 Å². The van der Waals surface area contributed by atoms with Gasteiger partial charge in [-0.3, -0.25) is 0 Å². The minimum Gasteiger partial charge on any atom is -0.389 e. The summed E-state index contributed by atoms with van der Waals surface area (Å²) in [7, 11) is 0. The molecule has 0 bridgehead atoms. The molecule has 0 aliphatic heterocycles. The molecule has 0 saturated carbocycles. The summed E-state index contributed by atoms with van der Waals surface area (Å²) in [5.41, 5.74) is 1.97. The van der Waals surface area contributed by atoms with Crippen LogP contribution in [0.1, 0.15) is 24.2 Å². The van der Waals surface area contributed by atoms with Crippen LogP contribution in [0.4, 0.5) is 4.39 Å². The minimum atomic E-state index is -0.440. The molecule has 0 radical (unpaired) electrons. The predicted molar refractivity (Wildman–Crippen MR) is 80.7 cm³/mol. The summed E-state index contributed by atoms with van der Waals surface area (Å²) >= 11 is 5.04. The van der Waals surface area contributed by atoms with Gasteiger partial charge in [0.05, 0.1) is 6.10 Å². The van der Waals surface area contributed by atoms with Crippen LogP contribution < -0.4 is 0 Å². The van der Waals surface area contributed by atoms with E-state index in [1.54, 1.807) is 24.8 Å². The molecule has 0 fully saturated rings. The quantitative estimate of drug-likeness (QED) is 0.796. The van der Waals surface area contributed by atoms with Gasteiger partial charge in [-0.25, -0.2) is 4.39 Å². The Morgan fingerprint density at radius 3 is 2.47 bits per heavy atom. The first-order chi connectivity index (χ1) is 9.06. The number of aliphatic hydroxyl groups is 1. The summed E-state index contributed by atoms with van der Waals surface area (Å²) in [6.45, 7) is 1.75. The first-order valence-electron chi connectivity index (χ1n) is 5.91. The van der Waals surface area contributed by atoms with Gasteiger partial charge in [-0.1, -0.05) is 34.1 Å². The second-order valence-corrected chi connectivity index (χ2v) is 6.17. The first kappa shape index (κ1) is 14.6. The van der Waals surface area contributed by atoms with Crippen molar-refractivity contribution in [2.24, 2.45) is 0 Å². The molecule has 0 saturated heterocycles. The molecule has 1 atom stereocenters. The maximum Gasteiger partial charge on any atom is 0.124 e.